The number of methoxy groups -OCH3 is 1. The zero-order chi connectivity index (χ0) is 16.0. The van der Waals surface area contributed by atoms with E-state index in [4.69, 9.17) is 10.5 Å². The van der Waals surface area contributed by atoms with Gasteiger partial charge in [0.25, 0.3) is 0 Å². The van der Waals surface area contributed by atoms with Crippen molar-refractivity contribution in [2.24, 2.45) is 5.73 Å². The minimum Gasteiger partial charge on any atom is -0.380 e. The van der Waals surface area contributed by atoms with Gasteiger partial charge in [0.1, 0.15) is 0 Å². The molecule has 0 saturated heterocycles. The summed E-state index contributed by atoms with van der Waals surface area (Å²) in [5.74, 6) is 0.0145. The Morgan fingerprint density at radius 3 is 2.48 bits per heavy atom. The zero-order valence-corrected chi connectivity index (χ0v) is 15.9. The van der Waals surface area contributed by atoms with E-state index in [1.165, 1.54) is 18.4 Å². The molecule has 0 bridgehead atoms. The SMILES string of the molecule is COC(CN)CC(=O)NCC1(c2ccc(Br)cc2)CCCC1.Cl. The predicted octanol–water partition coefficient (Wildman–Crippen LogP) is 3.16. The number of hydrogen-bond donors (Lipinski definition) is 2. The lowest BCUT2D eigenvalue weighted by Gasteiger charge is -2.30. The van der Waals surface area contributed by atoms with E-state index in [-0.39, 0.29) is 29.8 Å². The second-order valence-corrected chi connectivity index (χ2v) is 6.98. The number of benzene rings is 1. The molecular weight excluding hydrogens is 380 g/mol. The molecule has 2 rings (SSSR count). The fourth-order valence-electron chi connectivity index (χ4n) is 3.23. The average molecular weight is 406 g/mol. The Labute approximate surface area is 153 Å². The first-order chi connectivity index (χ1) is 10.6. The van der Waals surface area contributed by atoms with Crippen LogP contribution in [0.1, 0.15) is 37.7 Å². The smallest absolute Gasteiger partial charge is 0.222 e. The summed E-state index contributed by atoms with van der Waals surface area (Å²) in [6.45, 7) is 1.05. The van der Waals surface area contributed by atoms with E-state index in [1.807, 2.05) is 0 Å². The summed E-state index contributed by atoms with van der Waals surface area (Å²) in [4.78, 5) is 12.1. The Kier molecular flexibility index (Phi) is 8.54. The van der Waals surface area contributed by atoms with Crippen LogP contribution in [0.2, 0.25) is 0 Å². The summed E-state index contributed by atoms with van der Waals surface area (Å²) < 4.78 is 6.26. The van der Waals surface area contributed by atoms with Crippen molar-refractivity contribution in [3.8, 4) is 0 Å². The number of carbonyl (C=O) groups excluding carboxylic acids is 1. The van der Waals surface area contributed by atoms with Crippen molar-refractivity contribution >= 4 is 34.2 Å². The van der Waals surface area contributed by atoms with E-state index < -0.39 is 0 Å². The summed E-state index contributed by atoms with van der Waals surface area (Å²) in [5, 5.41) is 3.09. The number of amides is 1. The van der Waals surface area contributed by atoms with Crippen LogP contribution in [0.25, 0.3) is 0 Å². The Bertz CT molecular complexity index is 486. The number of halogens is 2. The highest BCUT2D eigenvalue weighted by molar-refractivity contribution is 9.10. The van der Waals surface area contributed by atoms with Crippen LogP contribution < -0.4 is 11.1 Å². The first kappa shape index (κ1) is 20.4. The fraction of sp³-hybridized carbons (Fsp3) is 0.588. The van der Waals surface area contributed by atoms with E-state index in [0.29, 0.717) is 19.5 Å². The van der Waals surface area contributed by atoms with Crippen molar-refractivity contribution in [1.82, 2.24) is 5.32 Å². The molecule has 1 aliphatic rings. The van der Waals surface area contributed by atoms with Gasteiger partial charge in [0.15, 0.2) is 0 Å². The Hall–Kier alpha value is -0.620. The summed E-state index contributed by atoms with van der Waals surface area (Å²) in [7, 11) is 1.59. The van der Waals surface area contributed by atoms with Gasteiger partial charge in [0.05, 0.1) is 12.5 Å². The van der Waals surface area contributed by atoms with Gasteiger partial charge in [-0.05, 0) is 30.5 Å². The molecule has 0 heterocycles. The number of hydrogen-bond acceptors (Lipinski definition) is 3. The molecule has 1 aromatic rings. The Morgan fingerprint density at radius 2 is 1.96 bits per heavy atom. The summed E-state index contributed by atoms with van der Waals surface area (Å²) >= 11 is 3.48. The molecule has 23 heavy (non-hydrogen) atoms. The van der Waals surface area contributed by atoms with E-state index >= 15 is 0 Å². The second kappa shape index (κ2) is 9.62. The largest absolute Gasteiger partial charge is 0.380 e. The molecule has 6 heteroatoms. The summed E-state index contributed by atoms with van der Waals surface area (Å²) in [5.41, 5.74) is 6.96. The highest BCUT2D eigenvalue weighted by atomic mass is 79.9. The molecule has 1 unspecified atom stereocenters. The minimum atomic E-state index is -0.202. The minimum absolute atomic E-state index is 0. The van der Waals surface area contributed by atoms with Crippen molar-refractivity contribution in [2.45, 2.75) is 43.6 Å². The third-order valence-corrected chi connectivity index (χ3v) is 5.18. The van der Waals surface area contributed by atoms with Crippen molar-refractivity contribution < 1.29 is 9.53 Å². The quantitative estimate of drug-likeness (QED) is 0.732. The molecule has 1 saturated carbocycles. The Morgan fingerprint density at radius 1 is 1.35 bits per heavy atom. The topological polar surface area (TPSA) is 64.3 Å². The van der Waals surface area contributed by atoms with Crippen LogP contribution >= 0.6 is 28.3 Å². The van der Waals surface area contributed by atoms with Gasteiger partial charge in [-0.3, -0.25) is 4.79 Å². The molecule has 0 aromatic heterocycles. The van der Waals surface area contributed by atoms with Crippen molar-refractivity contribution in [3.63, 3.8) is 0 Å². The van der Waals surface area contributed by atoms with Crippen molar-refractivity contribution in [2.75, 3.05) is 20.2 Å². The van der Waals surface area contributed by atoms with E-state index in [1.54, 1.807) is 7.11 Å². The van der Waals surface area contributed by atoms with Gasteiger partial charge in [-0.2, -0.15) is 0 Å². The molecule has 130 valence electrons. The standard InChI is InChI=1S/C17H25BrN2O2.ClH/c1-22-15(11-19)10-16(21)20-12-17(8-2-3-9-17)13-4-6-14(18)7-5-13;/h4-7,15H,2-3,8-12,19H2,1H3,(H,20,21);1H. The first-order valence-corrected chi connectivity index (χ1v) is 8.64. The maximum Gasteiger partial charge on any atom is 0.222 e. The zero-order valence-electron chi connectivity index (χ0n) is 13.5. The first-order valence-electron chi connectivity index (χ1n) is 7.85. The monoisotopic (exact) mass is 404 g/mol. The lowest BCUT2D eigenvalue weighted by Crippen LogP contribution is -2.41. The lowest BCUT2D eigenvalue weighted by molar-refractivity contribution is -0.123. The van der Waals surface area contributed by atoms with Crippen LogP contribution in [0.3, 0.4) is 0 Å². The maximum atomic E-state index is 12.1. The van der Waals surface area contributed by atoms with E-state index in [9.17, 15) is 4.79 Å². The molecule has 1 aromatic carbocycles. The fourth-order valence-corrected chi connectivity index (χ4v) is 3.50. The molecule has 1 fully saturated rings. The van der Waals surface area contributed by atoms with Gasteiger partial charge >= 0.3 is 0 Å². The number of rotatable bonds is 7. The van der Waals surface area contributed by atoms with Gasteiger partial charge in [-0.25, -0.2) is 0 Å². The van der Waals surface area contributed by atoms with Crippen LogP contribution in [0.4, 0.5) is 0 Å². The summed E-state index contributed by atoms with van der Waals surface area (Å²) in [6.07, 6.45) is 4.81. The summed E-state index contributed by atoms with van der Waals surface area (Å²) in [6, 6.07) is 8.48. The third-order valence-electron chi connectivity index (χ3n) is 4.65. The molecule has 0 radical (unpaired) electrons. The molecule has 0 aliphatic heterocycles. The van der Waals surface area contributed by atoms with E-state index in [0.717, 1.165) is 17.3 Å². The van der Waals surface area contributed by atoms with Crippen LogP contribution in [0, 0.1) is 0 Å². The lowest BCUT2D eigenvalue weighted by atomic mass is 9.79. The Balaban J connectivity index is 0.00000264. The third kappa shape index (κ3) is 5.45. The van der Waals surface area contributed by atoms with Gasteiger partial charge in [-0.1, -0.05) is 40.9 Å². The van der Waals surface area contributed by atoms with Crippen molar-refractivity contribution in [1.29, 1.82) is 0 Å². The van der Waals surface area contributed by atoms with Crippen molar-refractivity contribution in [3.05, 3.63) is 34.3 Å². The molecule has 4 nitrogen and oxygen atoms in total. The van der Waals surface area contributed by atoms with Crippen LogP contribution in [0.15, 0.2) is 28.7 Å². The average Bonchev–Trinajstić information content (AvgIpc) is 3.01. The van der Waals surface area contributed by atoms with Gasteiger partial charge in [0.2, 0.25) is 5.91 Å². The van der Waals surface area contributed by atoms with Crippen LogP contribution in [-0.4, -0.2) is 32.2 Å². The van der Waals surface area contributed by atoms with E-state index in [2.05, 4.69) is 45.5 Å². The maximum absolute atomic E-state index is 12.1. The van der Waals surface area contributed by atoms with Crippen LogP contribution in [0.5, 0.6) is 0 Å². The second-order valence-electron chi connectivity index (χ2n) is 6.07. The van der Waals surface area contributed by atoms with Crippen LogP contribution in [-0.2, 0) is 14.9 Å². The van der Waals surface area contributed by atoms with Gasteiger partial charge in [-0.15, -0.1) is 12.4 Å². The number of nitrogens with two attached hydrogens (primary N) is 1. The van der Waals surface area contributed by atoms with Gasteiger partial charge in [0, 0.05) is 30.1 Å². The predicted molar refractivity (Wildman–Crippen MR) is 99.0 cm³/mol. The molecular formula is C17H26BrClN2O2. The molecule has 3 N–H and O–H groups in total. The number of ether oxygens (including phenoxy) is 1. The molecule has 0 spiro atoms. The number of carbonyl (C=O) groups is 1. The molecule has 1 amide bonds. The highest BCUT2D eigenvalue weighted by Gasteiger charge is 2.35. The molecule has 1 aliphatic carbocycles. The van der Waals surface area contributed by atoms with Gasteiger partial charge < -0.3 is 15.8 Å². The molecule has 1 atom stereocenters. The number of nitrogens with one attached hydrogen (secondary N) is 1. The highest BCUT2D eigenvalue weighted by Crippen LogP contribution is 2.40. The normalized spacial score (nSPS) is 17.3.